The molecule has 0 atom stereocenters. The van der Waals surface area contributed by atoms with Crippen molar-refractivity contribution in [3.8, 4) is 0 Å². The van der Waals surface area contributed by atoms with Crippen LogP contribution in [0.3, 0.4) is 0 Å². The van der Waals surface area contributed by atoms with Crippen LogP contribution in [0.2, 0.25) is 0 Å². The molecule has 117 valence electrons. The summed E-state index contributed by atoms with van der Waals surface area (Å²) in [6.45, 7) is 2.25. The van der Waals surface area contributed by atoms with Gasteiger partial charge in [0.2, 0.25) is 0 Å². The minimum Gasteiger partial charge on any atom is -0.462 e. The molecule has 2 heteroatoms. The van der Waals surface area contributed by atoms with E-state index in [9.17, 15) is 4.79 Å². The second-order valence-electron chi connectivity index (χ2n) is 6.16. The van der Waals surface area contributed by atoms with Crippen molar-refractivity contribution in [1.82, 2.24) is 0 Å². The van der Waals surface area contributed by atoms with Crippen molar-refractivity contribution < 1.29 is 9.53 Å². The molecular weight excluding hydrogens is 248 g/mol. The summed E-state index contributed by atoms with van der Waals surface area (Å²) < 4.78 is 5.47. The lowest BCUT2D eigenvalue weighted by atomic mass is 9.98. The Labute approximate surface area is 125 Å². The fourth-order valence-corrected chi connectivity index (χ4v) is 2.89. The summed E-state index contributed by atoms with van der Waals surface area (Å²) in [5.41, 5.74) is 0. The van der Waals surface area contributed by atoms with Gasteiger partial charge in [-0.25, -0.2) is 0 Å². The van der Waals surface area contributed by atoms with Crippen LogP contribution < -0.4 is 0 Å². The Bertz CT molecular complexity index is 232. The third-order valence-corrected chi connectivity index (χ3v) is 4.20. The monoisotopic (exact) mass is 281 g/mol. The first-order valence-electron chi connectivity index (χ1n) is 8.86. The first kappa shape index (κ1) is 17.5. The highest BCUT2D eigenvalue weighted by Crippen LogP contribution is 2.21. The van der Waals surface area contributed by atoms with Gasteiger partial charge in [-0.3, -0.25) is 4.79 Å². The Morgan fingerprint density at radius 1 is 0.950 bits per heavy atom. The van der Waals surface area contributed by atoms with Crippen molar-refractivity contribution in [3.05, 3.63) is 6.42 Å². The second kappa shape index (κ2) is 12.2. The minimum absolute atomic E-state index is 0.0835. The molecule has 0 aromatic rings. The van der Waals surface area contributed by atoms with Gasteiger partial charge in [0.15, 0.2) is 0 Å². The van der Waals surface area contributed by atoms with Gasteiger partial charge < -0.3 is 4.74 Å². The van der Waals surface area contributed by atoms with Crippen LogP contribution >= 0.6 is 0 Å². The van der Waals surface area contributed by atoms with Gasteiger partial charge in [-0.1, -0.05) is 64.7 Å². The van der Waals surface area contributed by atoms with E-state index in [-0.39, 0.29) is 12.1 Å². The van der Waals surface area contributed by atoms with Gasteiger partial charge in [0.05, 0.1) is 6.42 Å². The van der Waals surface area contributed by atoms with Crippen LogP contribution in [0.5, 0.6) is 0 Å². The van der Waals surface area contributed by atoms with Crippen LogP contribution in [-0.4, -0.2) is 12.1 Å². The maximum atomic E-state index is 11.6. The Balaban J connectivity index is 1.84. The Kier molecular flexibility index (Phi) is 10.7. The molecule has 1 aliphatic carbocycles. The normalized spacial score (nSPS) is 16.2. The van der Waals surface area contributed by atoms with Crippen LogP contribution in [0, 0.1) is 6.42 Å². The second-order valence-corrected chi connectivity index (χ2v) is 6.16. The molecular formula is C18H33O2. The topological polar surface area (TPSA) is 26.3 Å². The summed E-state index contributed by atoms with van der Waals surface area (Å²) in [4.78, 5) is 11.6. The van der Waals surface area contributed by atoms with Crippen molar-refractivity contribution in [3.63, 3.8) is 0 Å². The zero-order chi connectivity index (χ0) is 14.5. The Morgan fingerprint density at radius 2 is 1.55 bits per heavy atom. The number of esters is 1. The lowest BCUT2D eigenvalue weighted by molar-refractivity contribution is -0.146. The van der Waals surface area contributed by atoms with Crippen molar-refractivity contribution in [1.29, 1.82) is 0 Å². The number of unbranched alkanes of at least 4 members (excludes halogenated alkanes) is 8. The van der Waals surface area contributed by atoms with E-state index in [1.54, 1.807) is 6.42 Å². The van der Waals surface area contributed by atoms with E-state index in [0.717, 1.165) is 25.7 Å². The standard InChI is InChI=1S/C18H33O2/c1-2-3-4-5-6-7-8-9-13-16-18(19)20-17-14-11-10-12-15-17/h16-17H,2-15H2,1H3. The lowest BCUT2D eigenvalue weighted by Gasteiger charge is -2.21. The van der Waals surface area contributed by atoms with Gasteiger partial charge in [0.25, 0.3) is 0 Å². The van der Waals surface area contributed by atoms with Crippen molar-refractivity contribution in [2.24, 2.45) is 0 Å². The van der Waals surface area contributed by atoms with Crippen LogP contribution in [0.1, 0.15) is 96.8 Å². The minimum atomic E-state index is -0.0835. The molecule has 1 rings (SSSR count). The molecule has 2 nitrogen and oxygen atoms in total. The van der Waals surface area contributed by atoms with Crippen LogP contribution in [0.15, 0.2) is 0 Å². The summed E-state index contributed by atoms with van der Waals surface area (Å²) in [5, 5.41) is 0. The molecule has 1 aliphatic rings. The molecule has 0 unspecified atom stereocenters. The number of rotatable bonds is 11. The van der Waals surface area contributed by atoms with Crippen molar-refractivity contribution in [2.75, 3.05) is 0 Å². The molecule has 0 heterocycles. The summed E-state index contributed by atoms with van der Waals surface area (Å²) in [7, 11) is 0. The number of hydrogen-bond donors (Lipinski definition) is 0. The highest BCUT2D eigenvalue weighted by Gasteiger charge is 2.17. The van der Waals surface area contributed by atoms with Crippen LogP contribution in [0.25, 0.3) is 0 Å². The predicted octanol–water partition coefficient (Wildman–Crippen LogP) is 5.60. The molecule has 0 bridgehead atoms. The number of carbonyl (C=O) groups is 1. The van der Waals surface area contributed by atoms with Gasteiger partial charge in [0.1, 0.15) is 6.10 Å². The lowest BCUT2D eigenvalue weighted by Crippen LogP contribution is -2.20. The molecule has 0 saturated heterocycles. The summed E-state index contributed by atoms with van der Waals surface area (Å²) in [5.74, 6) is -0.0835. The predicted molar refractivity (Wildman–Crippen MR) is 84.5 cm³/mol. The quantitative estimate of drug-likeness (QED) is 0.364. The first-order valence-corrected chi connectivity index (χ1v) is 8.86. The number of ether oxygens (including phenoxy) is 1. The summed E-state index contributed by atoms with van der Waals surface area (Å²) in [6.07, 6.45) is 19.2. The van der Waals surface area contributed by atoms with Crippen LogP contribution in [-0.2, 0) is 9.53 Å². The van der Waals surface area contributed by atoms with Gasteiger partial charge in [-0.05, 0) is 32.1 Å². The summed E-state index contributed by atoms with van der Waals surface area (Å²) in [6, 6.07) is 0. The SMILES string of the molecule is CCCCCCCCCC[CH]C(=O)OC1CCCCC1. The molecule has 1 saturated carbocycles. The van der Waals surface area contributed by atoms with Crippen molar-refractivity contribution >= 4 is 5.97 Å². The zero-order valence-electron chi connectivity index (χ0n) is 13.4. The van der Waals surface area contributed by atoms with E-state index in [2.05, 4.69) is 6.92 Å². The third-order valence-electron chi connectivity index (χ3n) is 4.20. The van der Waals surface area contributed by atoms with Gasteiger partial charge >= 0.3 is 5.97 Å². The van der Waals surface area contributed by atoms with Gasteiger partial charge in [-0.2, -0.15) is 0 Å². The summed E-state index contributed by atoms with van der Waals surface area (Å²) >= 11 is 0. The molecule has 0 spiro atoms. The third kappa shape index (κ3) is 9.39. The van der Waals surface area contributed by atoms with E-state index in [1.165, 1.54) is 64.2 Å². The van der Waals surface area contributed by atoms with Crippen molar-refractivity contribution in [2.45, 2.75) is 103 Å². The molecule has 0 amide bonds. The Morgan fingerprint density at radius 3 is 2.20 bits per heavy atom. The van der Waals surface area contributed by atoms with E-state index >= 15 is 0 Å². The van der Waals surface area contributed by atoms with Crippen LogP contribution in [0.4, 0.5) is 0 Å². The number of carbonyl (C=O) groups excluding carboxylic acids is 1. The molecule has 0 aromatic heterocycles. The van der Waals surface area contributed by atoms with E-state index < -0.39 is 0 Å². The fraction of sp³-hybridized carbons (Fsp3) is 0.889. The Hall–Kier alpha value is -0.530. The first-order chi connectivity index (χ1) is 9.83. The highest BCUT2D eigenvalue weighted by atomic mass is 16.5. The van der Waals surface area contributed by atoms with E-state index in [1.807, 2.05) is 0 Å². The number of hydrogen-bond acceptors (Lipinski definition) is 2. The zero-order valence-corrected chi connectivity index (χ0v) is 13.4. The highest BCUT2D eigenvalue weighted by molar-refractivity contribution is 5.78. The maximum absolute atomic E-state index is 11.6. The molecule has 0 aromatic carbocycles. The molecule has 0 N–H and O–H groups in total. The van der Waals surface area contributed by atoms with Gasteiger partial charge in [-0.15, -0.1) is 0 Å². The molecule has 0 aliphatic heterocycles. The maximum Gasteiger partial charge on any atom is 0.310 e. The molecule has 20 heavy (non-hydrogen) atoms. The largest absolute Gasteiger partial charge is 0.462 e. The van der Waals surface area contributed by atoms with Gasteiger partial charge in [0, 0.05) is 0 Å². The average Bonchev–Trinajstić information content (AvgIpc) is 2.46. The van der Waals surface area contributed by atoms with E-state index in [0.29, 0.717) is 0 Å². The fourth-order valence-electron chi connectivity index (χ4n) is 2.89. The molecule has 1 fully saturated rings. The smallest absolute Gasteiger partial charge is 0.310 e. The average molecular weight is 281 g/mol. The van der Waals surface area contributed by atoms with E-state index in [4.69, 9.17) is 4.74 Å². The molecule has 1 radical (unpaired) electrons.